The van der Waals surface area contributed by atoms with Crippen LogP contribution in [0.5, 0.6) is 0 Å². The van der Waals surface area contributed by atoms with E-state index >= 15 is 0 Å². The van der Waals surface area contributed by atoms with Gasteiger partial charge in [-0.25, -0.2) is 13.5 Å². The summed E-state index contributed by atoms with van der Waals surface area (Å²) in [6.07, 6.45) is 3.42. The summed E-state index contributed by atoms with van der Waals surface area (Å²) in [4.78, 5) is 0. The fraction of sp³-hybridized carbons (Fsp3) is 0. The maximum Gasteiger partial charge on any atom is 0.191 e. The van der Waals surface area contributed by atoms with Crippen molar-refractivity contribution in [2.24, 2.45) is 5.10 Å². The minimum absolute atomic E-state index is 0.252. The van der Waals surface area contributed by atoms with Gasteiger partial charge in [0.25, 0.3) is 0 Å². The van der Waals surface area contributed by atoms with Gasteiger partial charge in [0.1, 0.15) is 17.3 Å². The van der Waals surface area contributed by atoms with Gasteiger partial charge in [-0.3, -0.25) is 5.43 Å². The fourth-order valence-corrected chi connectivity index (χ4v) is 3.05. The van der Waals surface area contributed by atoms with Crippen LogP contribution in [0, 0.1) is 11.6 Å². The van der Waals surface area contributed by atoms with Crippen LogP contribution in [-0.2, 0) is 0 Å². The number of rotatable bonds is 5. The lowest BCUT2D eigenvalue weighted by Gasteiger charge is -2.06. The third-order valence-corrected chi connectivity index (χ3v) is 4.55. The Hall–Kier alpha value is -3.91. The smallest absolute Gasteiger partial charge is 0.191 e. The van der Waals surface area contributed by atoms with Crippen molar-refractivity contribution in [3.63, 3.8) is 0 Å². The van der Waals surface area contributed by atoms with Gasteiger partial charge >= 0.3 is 0 Å². The van der Waals surface area contributed by atoms with Crippen molar-refractivity contribution >= 4 is 29.2 Å². The Morgan fingerprint density at radius 1 is 0.903 bits per heavy atom. The third-order valence-electron chi connectivity index (χ3n) is 4.35. The highest BCUT2D eigenvalue weighted by molar-refractivity contribution is 7.80. The zero-order valence-electron chi connectivity index (χ0n) is 16.2. The lowest BCUT2D eigenvalue weighted by atomic mass is 10.1. The number of anilines is 1. The summed E-state index contributed by atoms with van der Waals surface area (Å²) in [5.41, 5.74) is 6.36. The molecule has 1 aromatic heterocycles. The monoisotopic (exact) mass is 433 g/mol. The number of hydrazone groups is 1. The van der Waals surface area contributed by atoms with Crippen LogP contribution in [0.15, 0.2) is 90.2 Å². The van der Waals surface area contributed by atoms with Gasteiger partial charge in [0.05, 0.1) is 11.9 Å². The van der Waals surface area contributed by atoms with Crippen LogP contribution < -0.4 is 10.7 Å². The molecule has 4 rings (SSSR count). The summed E-state index contributed by atoms with van der Waals surface area (Å²) in [7, 11) is 0. The summed E-state index contributed by atoms with van der Waals surface area (Å²) in [5, 5.41) is 12.0. The van der Waals surface area contributed by atoms with E-state index in [4.69, 9.17) is 12.2 Å². The lowest BCUT2D eigenvalue weighted by molar-refractivity contribution is 0.627. The van der Waals surface area contributed by atoms with Crippen molar-refractivity contribution in [1.82, 2.24) is 15.2 Å². The molecule has 0 saturated heterocycles. The summed E-state index contributed by atoms with van der Waals surface area (Å²) < 4.78 is 28.1. The molecule has 2 N–H and O–H groups in total. The topological polar surface area (TPSA) is 54.2 Å². The molecule has 0 atom stereocenters. The van der Waals surface area contributed by atoms with E-state index in [1.807, 2.05) is 36.5 Å². The largest absolute Gasteiger partial charge is 0.331 e. The first-order valence-electron chi connectivity index (χ1n) is 9.35. The zero-order chi connectivity index (χ0) is 21.6. The van der Waals surface area contributed by atoms with Gasteiger partial charge in [0.15, 0.2) is 5.11 Å². The first kappa shape index (κ1) is 20.4. The molecule has 0 radical (unpaired) electrons. The van der Waals surface area contributed by atoms with Crippen LogP contribution in [0.2, 0.25) is 0 Å². The molecule has 0 saturated carbocycles. The number of aromatic nitrogens is 2. The van der Waals surface area contributed by atoms with Crippen LogP contribution in [0.4, 0.5) is 14.5 Å². The van der Waals surface area contributed by atoms with Crippen molar-refractivity contribution in [2.45, 2.75) is 0 Å². The van der Waals surface area contributed by atoms with E-state index in [2.05, 4.69) is 20.9 Å². The second-order valence-electron chi connectivity index (χ2n) is 6.55. The van der Waals surface area contributed by atoms with Crippen LogP contribution in [-0.4, -0.2) is 21.1 Å². The molecule has 4 aromatic rings. The van der Waals surface area contributed by atoms with Crippen LogP contribution >= 0.6 is 12.2 Å². The molecule has 31 heavy (non-hydrogen) atoms. The number of nitrogens with zero attached hydrogens (tertiary/aromatic N) is 3. The van der Waals surface area contributed by atoms with Gasteiger partial charge in [-0.2, -0.15) is 10.2 Å². The van der Waals surface area contributed by atoms with Gasteiger partial charge in [0.2, 0.25) is 0 Å². The highest BCUT2D eigenvalue weighted by atomic mass is 32.1. The molecule has 0 aliphatic rings. The Labute approximate surface area is 183 Å². The van der Waals surface area contributed by atoms with Crippen LogP contribution in [0.25, 0.3) is 16.9 Å². The molecular formula is C23H17F2N5S. The Balaban J connectivity index is 1.55. The second kappa shape index (κ2) is 9.27. The highest BCUT2D eigenvalue weighted by Crippen LogP contribution is 2.23. The van der Waals surface area contributed by atoms with Gasteiger partial charge in [-0.05, 0) is 72.9 Å². The maximum atomic E-state index is 13.4. The van der Waals surface area contributed by atoms with Crippen LogP contribution in [0.3, 0.4) is 0 Å². The molecule has 0 aliphatic heterocycles. The first-order valence-corrected chi connectivity index (χ1v) is 9.76. The standard InChI is InChI=1S/C23H17F2N5S/c24-18-8-6-16(7-9-18)22-17(15-30(29-22)21-4-2-1-3-5-21)14-26-28-23(31)27-20-12-10-19(25)11-13-20/h1-15H,(H2,27,28,31)/b26-14-. The Kier molecular flexibility index (Phi) is 6.09. The van der Waals surface area contributed by atoms with E-state index in [0.717, 1.165) is 11.3 Å². The zero-order valence-corrected chi connectivity index (χ0v) is 17.0. The quantitative estimate of drug-likeness (QED) is 0.260. The molecule has 3 aromatic carbocycles. The number of hydrogen-bond acceptors (Lipinski definition) is 3. The Morgan fingerprint density at radius 2 is 1.55 bits per heavy atom. The SMILES string of the molecule is Fc1ccc(NC(=S)N/N=C\c2cn(-c3ccccc3)nc2-c2ccc(F)cc2)cc1. The average Bonchev–Trinajstić information content (AvgIpc) is 3.21. The Morgan fingerprint density at radius 3 is 2.23 bits per heavy atom. The van der Waals surface area contributed by atoms with Gasteiger partial charge in [0, 0.05) is 23.0 Å². The minimum Gasteiger partial charge on any atom is -0.331 e. The van der Waals surface area contributed by atoms with Gasteiger partial charge in [-0.15, -0.1) is 0 Å². The predicted molar refractivity (Wildman–Crippen MR) is 122 cm³/mol. The van der Waals surface area contributed by atoms with Crippen molar-refractivity contribution in [3.8, 4) is 16.9 Å². The molecule has 154 valence electrons. The number of para-hydroxylation sites is 1. The Bertz CT molecular complexity index is 1200. The summed E-state index contributed by atoms with van der Waals surface area (Å²) in [6, 6.07) is 21.6. The average molecular weight is 433 g/mol. The van der Waals surface area contributed by atoms with Crippen molar-refractivity contribution < 1.29 is 8.78 Å². The molecular weight excluding hydrogens is 416 g/mol. The molecule has 0 bridgehead atoms. The number of halogens is 2. The molecule has 0 fully saturated rings. The van der Waals surface area contributed by atoms with E-state index < -0.39 is 0 Å². The normalized spacial score (nSPS) is 10.9. The van der Waals surface area contributed by atoms with Gasteiger partial charge in [-0.1, -0.05) is 18.2 Å². The molecule has 8 heteroatoms. The number of hydrogen-bond donors (Lipinski definition) is 2. The lowest BCUT2D eigenvalue weighted by Crippen LogP contribution is -2.23. The molecule has 1 heterocycles. The molecule has 0 unspecified atom stereocenters. The number of thiocarbonyl (C=S) groups is 1. The van der Waals surface area contributed by atoms with Crippen molar-refractivity contribution in [1.29, 1.82) is 0 Å². The molecule has 0 spiro atoms. The molecule has 0 aliphatic carbocycles. The van der Waals surface area contributed by atoms with E-state index in [1.54, 1.807) is 35.2 Å². The third kappa shape index (κ3) is 5.18. The van der Waals surface area contributed by atoms with E-state index in [0.29, 0.717) is 16.9 Å². The van der Waals surface area contributed by atoms with Crippen molar-refractivity contribution in [3.05, 3.63) is 102 Å². The fourth-order valence-electron chi connectivity index (χ4n) is 2.88. The molecule has 0 amide bonds. The van der Waals surface area contributed by atoms with E-state index in [9.17, 15) is 8.78 Å². The minimum atomic E-state index is -0.328. The highest BCUT2D eigenvalue weighted by Gasteiger charge is 2.11. The van der Waals surface area contributed by atoms with E-state index in [-0.39, 0.29) is 16.7 Å². The number of nitrogens with one attached hydrogen (secondary N) is 2. The second-order valence-corrected chi connectivity index (χ2v) is 6.96. The molecule has 5 nitrogen and oxygen atoms in total. The van der Waals surface area contributed by atoms with Crippen LogP contribution in [0.1, 0.15) is 5.56 Å². The summed E-state index contributed by atoms with van der Waals surface area (Å²) >= 11 is 5.21. The number of benzene rings is 3. The summed E-state index contributed by atoms with van der Waals surface area (Å²) in [5.74, 6) is -0.647. The van der Waals surface area contributed by atoms with Gasteiger partial charge < -0.3 is 5.32 Å². The van der Waals surface area contributed by atoms with E-state index in [1.165, 1.54) is 24.3 Å². The first-order chi connectivity index (χ1) is 15.1. The predicted octanol–water partition coefficient (Wildman–Crippen LogP) is 5.14. The van der Waals surface area contributed by atoms with Crippen molar-refractivity contribution in [2.75, 3.05) is 5.32 Å². The maximum absolute atomic E-state index is 13.4. The summed E-state index contributed by atoms with van der Waals surface area (Å²) in [6.45, 7) is 0.